The maximum Gasteiger partial charge on any atom is 0.244 e. The van der Waals surface area contributed by atoms with Gasteiger partial charge in [-0.15, -0.1) is 0 Å². The van der Waals surface area contributed by atoms with Crippen LogP contribution in [-0.4, -0.2) is 20.4 Å². The first-order chi connectivity index (χ1) is 13.0. The lowest BCUT2D eigenvalue weighted by Gasteiger charge is -2.21. The summed E-state index contributed by atoms with van der Waals surface area (Å²) in [6.07, 6.45) is 10.3. The van der Waals surface area contributed by atoms with E-state index in [2.05, 4.69) is 10.0 Å². The summed E-state index contributed by atoms with van der Waals surface area (Å²) in [5, 5.41) is 3.01. The number of hydrogen-bond donors (Lipinski definition) is 2. The highest BCUT2D eigenvalue weighted by molar-refractivity contribution is 7.89. The number of benzene rings is 1. The summed E-state index contributed by atoms with van der Waals surface area (Å²) >= 11 is 0. The second-order valence-corrected chi connectivity index (χ2v) is 8.42. The van der Waals surface area contributed by atoms with Gasteiger partial charge >= 0.3 is 0 Å². The lowest BCUT2D eigenvalue weighted by Crippen LogP contribution is -2.34. The number of carbonyl (C=O) groups is 1. The number of rotatable bonds is 7. The first-order valence-corrected chi connectivity index (χ1v) is 10.6. The van der Waals surface area contributed by atoms with E-state index in [0.717, 1.165) is 18.4 Å². The van der Waals surface area contributed by atoms with Crippen molar-refractivity contribution in [2.45, 2.75) is 49.6 Å². The van der Waals surface area contributed by atoms with Gasteiger partial charge in [0.1, 0.15) is 5.76 Å². The molecule has 1 fully saturated rings. The molecule has 0 radical (unpaired) electrons. The lowest BCUT2D eigenvalue weighted by atomic mass is 9.95. The Kier molecular flexibility index (Phi) is 6.47. The highest BCUT2D eigenvalue weighted by Crippen LogP contribution is 2.17. The van der Waals surface area contributed by atoms with Gasteiger partial charge < -0.3 is 9.73 Å². The fraction of sp³-hybridized carbons (Fsp3) is 0.350. The van der Waals surface area contributed by atoms with Gasteiger partial charge in [-0.05, 0) is 48.7 Å². The zero-order chi connectivity index (χ0) is 19.1. The Labute approximate surface area is 159 Å². The minimum atomic E-state index is -3.62. The summed E-state index contributed by atoms with van der Waals surface area (Å²) in [5.74, 6) is 0.431. The molecular formula is C20H24N2O4S. The first-order valence-electron chi connectivity index (χ1n) is 9.14. The summed E-state index contributed by atoms with van der Waals surface area (Å²) in [6, 6.07) is 10.1. The molecule has 0 unspecified atom stereocenters. The van der Waals surface area contributed by atoms with E-state index in [4.69, 9.17) is 4.42 Å². The molecule has 0 atom stereocenters. The smallest absolute Gasteiger partial charge is 0.244 e. The van der Waals surface area contributed by atoms with E-state index in [-0.39, 0.29) is 23.4 Å². The highest BCUT2D eigenvalue weighted by Gasteiger charge is 2.15. The second-order valence-electron chi connectivity index (χ2n) is 6.65. The SMILES string of the molecule is O=C(/C=C/c1ccc(S(=O)(=O)NCc2ccco2)cc1)NC1CCCCC1. The van der Waals surface area contributed by atoms with Crippen molar-refractivity contribution < 1.29 is 17.6 Å². The van der Waals surface area contributed by atoms with Crippen LogP contribution in [0.15, 0.2) is 58.1 Å². The maximum absolute atomic E-state index is 12.3. The molecule has 6 nitrogen and oxygen atoms in total. The molecule has 1 aromatic carbocycles. The zero-order valence-electron chi connectivity index (χ0n) is 15.1. The maximum atomic E-state index is 12.3. The van der Waals surface area contributed by atoms with E-state index in [9.17, 15) is 13.2 Å². The van der Waals surface area contributed by atoms with Crippen LogP contribution in [0, 0.1) is 0 Å². The van der Waals surface area contributed by atoms with Crippen LogP contribution in [0.1, 0.15) is 43.4 Å². The van der Waals surface area contributed by atoms with Crippen LogP contribution in [0.4, 0.5) is 0 Å². The van der Waals surface area contributed by atoms with Gasteiger partial charge in [0.2, 0.25) is 15.9 Å². The molecule has 0 spiro atoms. The van der Waals surface area contributed by atoms with Crippen molar-refractivity contribution in [2.24, 2.45) is 0 Å². The molecular weight excluding hydrogens is 364 g/mol. The summed E-state index contributed by atoms with van der Waals surface area (Å²) in [5.41, 5.74) is 0.763. The molecule has 1 aliphatic carbocycles. The van der Waals surface area contributed by atoms with Gasteiger partial charge in [-0.1, -0.05) is 31.4 Å². The monoisotopic (exact) mass is 388 g/mol. The normalized spacial score (nSPS) is 15.9. The standard InChI is InChI=1S/C20H24N2O4S/c23-20(22-17-5-2-1-3-6-17)13-10-16-8-11-19(12-9-16)27(24,25)21-15-18-7-4-14-26-18/h4,7-14,17,21H,1-3,5-6,15H2,(H,22,23)/b13-10+. The Bertz CT molecular complexity index is 865. The van der Waals surface area contributed by atoms with Crippen molar-refractivity contribution in [3.05, 3.63) is 60.1 Å². The summed E-state index contributed by atoms with van der Waals surface area (Å²) in [4.78, 5) is 12.2. The molecule has 1 aliphatic rings. The van der Waals surface area contributed by atoms with Crippen molar-refractivity contribution in [3.8, 4) is 0 Å². The minimum Gasteiger partial charge on any atom is -0.468 e. The van der Waals surface area contributed by atoms with Crippen molar-refractivity contribution >= 4 is 22.0 Å². The van der Waals surface area contributed by atoms with Gasteiger partial charge in [0, 0.05) is 12.1 Å². The lowest BCUT2D eigenvalue weighted by molar-refractivity contribution is -0.117. The van der Waals surface area contributed by atoms with E-state index >= 15 is 0 Å². The van der Waals surface area contributed by atoms with Gasteiger partial charge in [0.05, 0.1) is 17.7 Å². The van der Waals surface area contributed by atoms with Crippen LogP contribution in [0.2, 0.25) is 0 Å². The fourth-order valence-electron chi connectivity index (χ4n) is 3.09. The van der Waals surface area contributed by atoms with E-state index < -0.39 is 10.0 Å². The summed E-state index contributed by atoms with van der Waals surface area (Å²) in [6.45, 7) is 0.0956. The fourth-order valence-corrected chi connectivity index (χ4v) is 4.08. The quantitative estimate of drug-likeness (QED) is 0.713. The Hall–Kier alpha value is -2.38. The Morgan fingerprint density at radius 1 is 1.11 bits per heavy atom. The number of furan rings is 1. The van der Waals surface area contributed by atoms with Gasteiger partial charge in [-0.2, -0.15) is 0 Å². The largest absolute Gasteiger partial charge is 0.468 e. The van der Waals surface area contributed by atoms with Gasteiger partial charge in [0.25, 0.3) is 0 Å². The predicted octanol–water partition coefficient (Wildman–Crippen LogP) is 3.22. The van der Waals surface area contributed by atoms with E-state index in [1.165, 1.54) is 43.7 Å². The molecule has 2 N–H and O–H groups in total. The topological polar surface area (TPSA) is 88.4 Å². The first kappa shape index (κ1) is 19.4. The Morgan fingerprint density at radius 3 is 2.52 bits per heavy atom. The van der Waals surface area contributed by atoms with Crippen molar-refractivity contribution in [3.63, 3.8) is 0 Å². The number of amides is 1. The number of hydrogen-bond acceptors (Lipinski definition) is 4. The molecule has 1 aromatic heterocycles. The molecule has 1 saturated carbocycles. The van der Waals surface area contributed by atoms with Gasteiger partial charge in [-0.3, -0.25) is 4.79 Å². The van der Waals surface area contributed by atoms with Crippen LogP contribution >= 0.6 is 0 Å². The molecule has 27 heavy (non-hydrogen) atoms. The number of nitrogens with one attached hydrogen (secondary N) is 2. The third-order valence-electron chi connectivity index (χ3n) is 4.59. The zero-order valence-corrected chi connectivity index (χ0v) is 15.9. The van der Waals surface area contributed by atoms with Gasteiger partial charge in [0.15, 0.2) is 0 Å². The molecule has 144 valence electrons. The van der Waals surface area contributed by atoms with Crippen LogP contribution < -0.4 is 10.0 Å². The third-order valence-corrected chi connectivity index (χ3v) is 6.00. The predicted molar refractivity (Wildman–Crippen MR) is 103 cm³/mol. The molecule has 0 bridgehead atoms. The number of carbonyl (C=O) groups excluding carboxylic acids is 1. The van der Waals surface area contributed by atoms with Crippen molar-refractivity contribution in [1.82, 2.24) is 10.0 Å². The molecule has 1 amide bonds. The molecule has 2 aromatic rings. The molecule has 7 heteroatoms. The minimum absolute atomic E-state index is 0.0956. The molecule has 0 aliphatic heterocycles. The number of sulfonamides is 1. The third kappa shape index (κ3) is 5.80. The average molecular weight is 388 g/mol. The second kappa shape index (κ2) is 9.01. The average Bonchev–Trinajstić information content (AvgIpc) is 3.20. The molecule has 0 saturated heterocycles. The van der Waals surface area contributed by atoms with Crippen LogP contribution in [0.3, 0.4) is 0 Å². The Morgan fingerprint density at radius 2 is 1.85 bits per heavy atom. The van der Waals surface area contributed by atoms with Crippen LogP contribution in [0.25, 0.3) is 6.08 Å². The van der Waals surface area contributed by atoms with E-state index in [1.54, 1.807) is 30.3 Å². The van der Waals surface area contributed by atoms with E-state index in [0.29, 0.717) is 5.76 Å². The van der Waals surface area contributed by atoms with Crippen molar-refractivity contribution in [1.29, 1.82) is 0 Å². The van der Waals surface area contributed by atoms with Crippen LogP contribution in [0.5, 0.6) is 0 Å². The van der Waals surface area contributed by atoms with Crippen LogP contribution in [-0.2, 0) is 21.4 Å². The van der Waals surface area contributed by atoms with Gasteiger partial charge in [-0.25, -0.2) is 13.1 Å². The van der Waals surface area contributed by atoms with E-state index in [1.807, 2.05) is 0 Å². The molecule has 3 rings (SSSR count). The Balaban J connectivity index is 1.55. The summed E-state index contributed by atoms with van der Waals surface area (Å²) in [7, 11) is -3.62. The summed E-state index contributed by atoms with van der Waals surface area (Å²) < 4.78 is 32.2. The highest BCUT2D eigenvalue weighted by atomic mass is 32.2. The molecule has 1 heterocycles. The van der Waals surface area contributed by atoms with Crippen molar-refractivity contribution in [2.75, 3.05) is 0 Å².